The van der Waals surface area contributed by atoms with Gasteiger partial charge in [-0.25, -0.2) is 9.78 Å². The Morgan fingerprint density at radius 1 is 1.00 bits per heavy atom. The molecule has 154 valence electrons. The molecule has 1 N–H and O–H groups in total. The van der Waals surface area contributed by atoms with E-state index in [1.54, 1.807) is 37.3 Å². The summed E-state index contributed by atoms with van der Waals surface area (Å²) in [4.78, 5) is 50.0. The van der Waals surface area contributed by atoms with Crippen molar-refractivity contribution in [2.24, 2.45) is 0 Å². The Bertz CT molecular complexity index is 1440. The highest BCUT2D eigenvalue weighted by Crippen LogP contribution is 2.28. The first-order chi connectivity index (χ1) is 14.7. The van der Waals surface area contributed by atoms with E-state index in [0.29, 0.717) is 22.0 Å². The lowest BCUT2D eigenvalue weighted by atomic mass is 10.1. The van der Waals surface area contributed by atoms with Crippen LogP contribution in [-0.2, 0) is 0 Å². The highest BCUT2D eigenvalue weighted by Gasteiger charge is 2.22. The second-order valence-corrected chi connectivity index (χ2v) is 6.63. The SMILES string of the molecule is Cc1cc2c(c(NC(=O)c3cc([N+](=O)[O-])cc([N+](=O)[O-])c3)n1)c(=O)oc1ccccc12. The van der Waals surface area contributed by atoms with Crippen LogP contribution in [0.4, 0.5) is 17.2 Å². The number of hydrogen-bond acceptors (Lipinski definition) is 8. The molecule has 4 aromatic rings. The summed E-state index contributed by atoms with van der Waals surface area (Å²) in [5, 5.41) is 25.7. The number of amides is 1. The maximum atomic E-state index is 12.8. The summed E-state index contributed by atoms with van der Waals surface area (Å²) >= 11 is 0. The van der Waals surface area contributed by atoms with Gasteiger partial charge in [0, 0.05) is 28.6 Å². The van der Waals surface area contributed by atoms with Crippen molar-refractivity contribution < 1.29 is 19.1 Å². The Morgan fingerprint density at radius 2 is 1.65 bits per heavy atom. The fraction of sp³-hybridized carbons (Fsp3) is 0.0500. The Morgan fingerprint density at radius 3 is 2.29 bits per heavy atom. The van der Waals surface area contributed by atoms with E-state index in [0.717, 1.165) is 18.2 Å². The molecule has 31 heavy (non-hydrogen) atoms. The summed E-state index contributed by atoms with van der Waals surface area (Å²) in [6, 6.07) is 11.1. The molecule has 0 aliphatic carbocycles. The minimum Gasteiger partial charge on any atom is -0.422 e. The highest BCUT2D eigenvalue weighted by atomic mass is 16.6. The first-order valence-electron chi connectivity index (χ1n) is 8.83. The molecule has 2 heterocycles. The van der Waals surface area contributed by atoms with Gasteiger partial charge in [0.2, 0.25) is 0 Å². The maximum absolute atomic E-state index is 12.8. The fourth-order valence-corrected chi connectivity index (χ4v) is 3.23. The quantitative estimate of drug-likeness (QED) is 0.226. The van der Waals surface area contributed by atoms with Gasteiger partial charge in [-0.05, 0) is 19.1 Å². The summed E-state index contributed by atoms with van der Waals surface area (Å²) in [6.45, 7) is 1.66. The number of hydrogen-bond donors (Lipinski definition) is 1. The van der Waals surface area contributed by atoms with Crippen LogP contribution in [-0.4, -0.2) is 20.7 Å². The number of pyridine rings is 1. The average molecular weight is 420 g/mol. The van der Waals surface area contributed by atoms with Crippen LogP contribution in [0.15, 0.2) is 57.7 Å². The number of nitrogens with zero attached hydrogens (tertiary/aromatic N) is 3. The van der Waals surface area contributed by atoms with Gasteiger partial charge in [0.25, 0.3) is 17.3 Å². The lowest BCUT2D eigenvalue weighted by molar-refractivity contribution is -0.394. The number of carbonyl (C=O) groups is 1. The zero-order valence-corrected chi connectivity index (χ0v) is 15.8. The van der Waals surface area contributed by atoms with Crippen molar-refractivity contribution >= 4 is 44.8 Å². The van der Waals surface area contributed by atoms with Crippen LogP contribution in [0.3, 0.4) is 0 Å². The van der Waals surface area contributed by atoms with Crippen molar-refractivity contribution in [1.29, 1.82) is 0 Å². The number of para-hydroxylation sites is 1. The van der Waals surface area contributed by atoms with Crippen LogP contribution in [0.5, 0.6) is 0 Å². The third kappa shape index (κ3) is 3.55. The number of aromatic nitrogens is 1. The second kappa shape index (κ2) is 7.30. The van der Waals surface area contributed by atoms with Crippen LogP contribution >= 0.6 is 0 Å². The smallest absolute Gasteiger partial charge is 0.347 e. The van der Waals surface area contributed by atoms with Gasteiger partial charge in [0.05, 0.1) is 21.5 Å². The molecule has 11 heteroatoms. The number of carbonyl (C=O) groups excluding carboxylic acids is 1. The van der Waals surface area contributed by atoms with E-state index in [2.05, 4.69) is 10.3 Å². The van der Waals surface area contributed by atoms with Crippen LogP contribution in [0.2, 0.25) is 0 Å². The van der Waals surface area contributed by atoms with Crippen LogP contribution in [0, 0.1) is 27.2 Å². The minimum atomic E-state index is -0.904. The molecule has 0 bridgehead atoms. The number of non-ortho nitro benzene ring substituents is 2. The van der Waals surface area contributed by atoms with Gasteiger partial charge in [-0.1, -0.05) is 18.2 Å². The number of anilines is 1. The van der Waals surface area contributed by atoms with Crippen molar-refractivity contribution in [3.8, 4) is 0 Å². The number of aryl methyl sites for hydroxylation is 1. The standard InChI is InChI=1S/C20H12N4O7/c1-10-6-15-14-4-2-3-5-16(14)31-20(26)17(15)18(21-10)22-19(25)11-7-12(23(27)28)9-13(8-11)24(29)30/h2-9H,1H3,(H,21,22,25). The number of nitro benzene ring substituents is 2. The molecule has 4 rings (SSSR count). The maximum Gasteiger partial charge on any atom is 0.347 e. The average Bonchev–Trinajstić information content (AvgIpc) is 2.73. The van der Waals surface area contributed by atoms with Gasteiger partial charge in [0.15, 0.2) is 0 Å². The summed E-state index contributed by atoms with van der Waals surface area (Å²) in [5.74, 6) is -1.02. The van der Waals surface area contributed by atoms with Crippen LogP contribution in [0.1, 0.15) is 16.1 Å². The summed E-state index contributed by atoms with van der Waals surface area (Å²) < 4.78 is 5.32. The molecule has 2 aromatic carbocycles. The van der Waals surface area contributed by atoms with Crippen molar-refractivity contribution in [3.05, 3.63) is 90.4 Å². The van der Waals surface area contributed by atoms with Crippen LogP contribution < -0.4 is 10.9 Å². The van der Waals surface area contributed by atoms with Crippen molar-refractivity contribution in [3.63, 3.8) is 0 Å². The Hall–Kier alpha value is -4.67. The normalized spacial score (nSPS) is 10.9. The number of rotatable bonds is 4. The molecule has 2 aromatic heterocycles. The van der Waals surface area contributed by atoms with Gasteiger partial charge < -0.3 is 9.73 Å². The molecule has 0 saturated carbocycles. The number of nitrogens with one attached hydrogen (secondary N) is 1. The zero-order valence-electron chi connectivity index (χ0n) is 15.8. The number of benzene rings is 2. The fourth-order valence-electron chi connectivity index (χ4n) is 3.23. The number of nitro groups is 2. The van der Waals surface area contributed by atoms with E-state index in [1.807, 2.05) is 0 Å². The molecular formula is C20H12N4O7. The molecule has 0 unspecified atom stereocenters. The molecule has 0 aliphatic rings. The van der Waals surface area contributed by atoms with Crippen molar-refractivity contribution in [1.82, 2.24) is 4.98 Å². The summed E-state index contributed by atoms with van der Waals surface area (Å²) in [6.07, 6.45) is 0. The lowest BCUT2D eigenvalue weighted by Crippen LogP contribution is -2.16. The first kappa shape index (κ1) is 19.6. The summed E-state index contributed by atoms with van der Waals surface area (Å²) in [7, 11) is 0. The van der Waals surface area contributed by atoms with Gasteiger partial charge in [-0.2, -0.15) is 0 Å². The highest BCUT2D eigenvalue weighted by molar-refractivity contribution is 6.13. The van der Waals surface area contributed by atoms with Crippen molar-refractivity contribution in [2.45, 2.75) is 6.92 Å². The van der Waals surface area contributed by atoms with Gasteiger partial charge in [0.1, 0.15) is 16.8 Å². The third-order valence-electron chi connectivity index (χ3n) is 4.55. The molecule has 0 fully saturated rings. The second-order valence-electron chi connectivity index (χ2n) is 6.63. The van der Waals surface area contributed by atoms with E-state index in [4.69, 9.17) is 4.42 Å². The Kier molecular flexibility index (Phi) is 4.62. The van der Waals surface area contributed by atoms with E-state index in [9.17, 15) is 29.8 Å². The zero-order chi connectivity index (χ0) is 22.3. The lowest BCUT2D eigenvalue weighted by Gasteiger charge is -2.10. The van der Waals surface area contributed by atoms with E-state index in [-0.39, 0.29) is 16.8 Å². The monoisotopic (exact) mass is 420 g/mol. The van der Waals surface area contributed by atoms with Crippen molar-refractivity contribution in [2.75, 3.05) is 5.32 Å². The Balaban J connectivity index is 1.87. The van der Waals surface area contributed by atoms with E-state index in [1.165, 1.54) is 0 Å². The largest absolute Gasteiger partial charge is 0.422 e. The molecule has 0 radical (unpaired) electrons. The van der Waals surface area contributed by atoms with E-state index >= 15 is 0 Å². The Labute approximate surface area is 172 Å². The van der Waals surface area contributed by atoms with Gasteiger partial charge in [-0.3, -0.25) is 25.0 Å². The van der Waals surface area contributed by atoms with Crippen LogP contribution in [0.25, 0.3) is 21.7 Å². The predicted octanol–water partition coefficient (Wildman–Crippen LogP) is 3.72. The predicted molar refractivity (Wildman–Crippen MR) is 110 cm³/mol. The molecule has 0 atom stereocenters. The first-order valence-corrected chi connectivity index (χ1v) is 8.83. The molecule has 0 spiro atoms. The molecule has 11 nitrogen and oxygen atoms in total. The minimum absolute atomic E-state index is 0.0116. The molecule has 0 aliphatic heterocycles. The summed E-state index contributed by atoms with van der Waals surface area (Å²) in [5.41, 5.74) is -1.45. The molecular weight excluding hydrogens is 408 g/mol. The third-order valence-corrected chi connectivity index (χ3v) is 4.55. The topological polar surface area (TPSA) is 158 Å². The molecule has 1 amide bonds. The molecule has 0 saturated heterocycles. The number of fused-ring (bicyclic) bond motifs is 3. The van der Waals surface area contributed by atoms with Gasteiger partial charge >= 0.3 is 5.63 Å². The van der Waals surface area contributed by atoms with Gasteiger partial charge in [-0.15, -0.1) is 0 Å². The van der Waals surface area contributed by atoms with E-state index < -0.39 is 32.8 Å².